The second-order valence-corrected chi connectivity index (χ2v) is 4.32. The van der Waals surface area contributed by atoms with Crippen LogP contribution in [0.1, 0.15) is 32.6 Å². The topological polar surface area (TPSA) is 46.3 Å². The Balaban J connectivity index is 2.08. The minimum atomic E-state index is 0.0786. The van der Waals surface area contributed by atoms with E-state index < -0.39 is 0 Å². The van der Waals surface area contributed by atoms with Crippen molar-refractivity contribution >= 4 is 5.91 Å². The first-order valence-corrected chi connectivity index (χ1v) is 4.68. The van der Waals surface area contributed by atoms with Crippen molar-refractivity contribution in [3.05, 3.63) is 0 Å². The van der Waals surface area contributed by atoms with Crippen LogP contribution in [0.25, 0.3) is 0 Å². The first-order chi connectivity index (χ1) is 5.62. The maximum atomic E-state index is 11.5. The van der Waals surface area contributed by atoms with Gasteiger partial charge in [-0.3, -0.25) is 4.79 Å². The van der Waals surface area contributed by atoms with Crippen molar-refractivity contribution in [3.8, 4) is 0 Å². The predicted molar refractivity (Wildman–Crippen MR) is 46.6 cm³/mol. The molecule has 1 unspecified atom stereocenters. The van der Waals surface area contributed by atoms with Gasteiger partial charge in [0.2, 0.25) is 5.91 Å². The lowest BCUT2D eigenvalue weighted by Gasteiger charge is -2.46. The van der Waals surface area contributed by atoms with E-state index >= 15 is 0 Å². The van der Waals surface area contributed by atoms with Crippen molar-refractivity contribution in [2.75, 3.05) is 6.54 Å². The maximum absolute atomic E-state index is 11.5. The van der Waals surface area contributed by atoms with Crippen molar-refractivity contribution < 1.29 is 4.79 Å². The summed E-state index contributed by atoms with van der Waals surface area (Å²) in [5.41, 5.74) is 5.89. The van der Waals surface area contributed by atoms with E-state index in [1.807, 2.05) is 4.90 Å². The molecule has 0 aromatic rings. The van der Waals surface area contributed by atoms with Gasteiger partial charge in [-0.1, -0.05) is 0 Å². The summed E-state index contributed by atoms with van der Waals surface area (Å²) in [6.07, 6.45) is 4.13. The van der Waals surface area contributed by atoms with Crippen LogP contribution in [0.2, 0.25) is 0 Å². The molecule has 1 saturated heterocycles. The highest BCUT2D eigenvalue weighted by atomic mass is 16.2. The molecule has 0 spiro atoms. The molecule has 3 heteroatoms. The highest BCUT2D eigenvalue weighted by Crippen LogP contribution is 2.39. The lowest BCUT2D eigenvalue weighted by atomic mass is 9.77. The highest BCUT2D eigenvalue weighted by molar-refractivity contribution is 5.80. The normalized spacial score (nSPS) is 33.7. The maximum Gasteiger partial charge on any atom is 0.224 e. The minimum absolute atomic E-state index is 0.0786. The van der Waals surface area contributed by atoms with Gasteiger partial charge in [-0.25, -0.2) is 0 Å². The second kappa shape index (κ2) is 2.46. The zero-order valence-corrected chi connectivity index (χ0v) is 7.55. The number of hydrogen-bond donors (Lipinski definition) is 1. The number of nitrogens with zero attached hydrogens (tertiary/aromatic N) is 1. The van der Waals surface area contributed by atoms with Crippen LogP contribution in [-0.2, 0) is 4.79 Å². The third-order valence-corrected chi connectivity index (χ3v) is 3.24. The Morgan fingerprint density at radius 1 is 1.58 bits per heavy atom. The monoisotopic (exact) mass is 168 g/mol. The average molecular weight is 168 g/mol. The number of nitrogens with two attached hydrogens (primary N) is 1. The Labute approximate surface area is 72.9 Å². The van der Waals surface area contributed by atoms with E-state index in [4.69, 9.17) is 5.73 Å². The van der Waals surface area contributed by atoms with Crippen LogP contribution in [0.5, 0.6) is 0 Å². The van der Waals surface area contributed by atoms with Crippen molar-refractivity contribution in [2.24, 2.45) is 5.73 Å². The molecule has 1 saturated carbocycles. The molecule has 2 N–H and O–H groups in total. The van der Waals surface area contributed by atoms with Gasteiger partial charge in [-0.2, -0.15) is 0 Å². The summed E-state index contributed by atoms with van der Waals surface area (Å²) in [6.45, 7) is 2.95. The zero-order chi connectivity index (χ0) is 8.77. The van der Waals surface area contributed by atoms with Crippen LogP contribution in [0.15, 0.2) is 0 Å². The number of carbonyl (C=O) groups excluding carboxylic acids is 1. The third kappa shape index (κ3) is 1.04. The van der Waals surface area contributed by atoms with Gasteiger partial charge in [-0.05, 0) is 26.2 Å². The van der Waals surface area contributed by atoms with Gasteiger partial charge in [0.1, 0.15) is 0 Å². The fourth-order valence-electron chi connectivity index (χ4n) is 2.22. The van der Waals surface area contributed by atoms with E-state index in [1.54, 1.807) is 0 Å². The molecule has 0 radical (unpaired) electrons. The number of amides is 1. The summed E-state index contributed by atoms with van der Waals surface area (Å²) in [4.78, 5) is 13.5. The Morgan fingerprint density at radius 2 is 2.25 bits per heavy atom. The van der Waals surface area contributed by atoms with Crippen LogP contribution >= 0.6 is 0 Å². The fourth-order valence-corrected chi connectivity index (χ4v) is 2.22. The SMILES string of the molecule is CC1(N2CC(N)CC2=O)CCC1. The van der Waals surface area contributed by atoms with Gasteiger partial charge >= 0.3 is 0 Å². The molecule has 2 fully saturated rings. The molecule has 68 valence electrons. The van der Waals surface area contributed by atoms with Gasteiger partial charge < -0.3 is 10.6 Å². The molecule has 1 amide bonds. The molecule has 2 aliphatic rings. The molecule has 0 aromatic carbocycles. The van der Waals surface area contributed by atoms with E-state index in [9.17, 15) is 4.79 Å². The molecule has 1 aliphatic heterocycles. The van der Waals surface area contributed by atoms with Gasteiger partial charge in [0.25, 0.3) is 0 Å². The van der Waals surface area contributed by atoms with Crippen LogP contribution in [0.3, 0.4) is 0 Å². The number of hydrogen-bond acceptors (Lipinski definition) is 2. The van der Waals surface area contributed by atoms with E-state index in [2.05, 4.69) is 6.92 Å². The first-order valence-electron chi connectivity index (χ1n) is 4.68. The summed E-state index contributed by atoms with van der Waals surface area (Å²) in [5, 5.41) is 0. The lowest BCUT2D eigenvalue weighted by molar-refractivity contribution is -0.135. The van der Waals surface area contributed by atoms with Crippen molar-refractivity contribution in [3.63, 3.8) is 0 Å². The minimum Gasteiger partial charge on any atom is -0.336 e. The van der Waals surface area contributed by atoms with Gasteiger partial charge in [0, 0.05) is 24.5 Å². The Morgan fingerprint density at radius 3 is 2.58 bits per heavy atom. The molecule has 1 aliphatic carbocycles. The Bertz CT molecular complexity index is 211. The summed E-state index contributed by atoms with van der Waals surface area (Å²) in [5.74, 6) is 0.254. The molecular formula is C9H16N2O. The van der Waals surface area contributed by atoms with Crippen LogP contribution in [0.4, 0.5) is 0 Å². The van der Waals surface area contributed by atoms with Gasteiger partial charge in [0.05, 0.1) is 0 Å². The van der Waals surface area contributed by atoms with Crippen molar-refractivity contribution in [1.29, 1.82) is 0 Å². The third-order valence-electron chi connectivity index (χ3n) is 3.24. The van der Waals surface area contributed by atoms with E-state index in [0.717, 1.165) is 19.4 Å². The molecular weight excluding hydrogens is 152 g/mol. The number of rotatable bonds is 1. The average Bonchev–Trinajstić information content (AvgIpc) is 2.25. The predicted octanol–water partition coefficient (Wildman–Crippen LogP) is 0.489. The van der Waals surface area contributed by atoms with E-state index in [1.165, 1.54) is 6.42 Å². The number of carbonyl (C=O) groups is 1. The number of likely N-dealkylation sites (tertiary alicyclic amines) is 1. The lowest BCUT2D eigenvalue weighted by Crippen LogP contribution is -2.52. The molecule has 0 bridgehead atoms. The zero-order valence-electron chi connectivity index (χ0n) is 7.55. The summed E-state index contributed by atoms with van der Waals surface area (Å²) in [6, 6.07) is 0.0786. The van der Waals surface area contributed by atoms with E-state index in [0.29, 0.717) is 6.42 Å². The Hall–Kier alpha value is -0.570. The van der Waals surface area contributed by atoms with Crippen LogP contribution in [0, 0.1) is 0 Å². The van der Waals surface area contributed by atoms with Crippen molar-refractivity contribution in [1.82, 2.24) is 4.90 Å². The molecule has 2 rings (SSSR count). The van der Waals surface area contributed by atoms with Gasteiger partial charge in [-0.15, -0.1) is 0 Å². The van der Waals surface area contributed by atoms with Crippen molar-refractivity contribution in [2.45, 2.75) is 44.2 Å². The van der Waals surface area contributed by atoms with Crippen LogP contribution in [-0.4, -0.2) is 28.9 Å². The second-order valence-electron chi connectivity index (χ2n) is 4.32. The summed E-state index contributed by atoms with van der Waals surface area (Å²) in [7, 11) is 0. The molecule has 1 atom stereocenters. The molecule has 3 nitrogen and oxygen atoms in total. The fraction of sp³-hybridized carbons (Fsp3) is 0.889. The summed E-state index contributed by atoms with van der Waals surface area (Å²) >= 11 is 0. The standard InChI is InChI=1S/C9H16N2O/c1-9(3-2-4-9)11-6-7(10)5-8(11)12/h7H,2-6,10H2,1H3. The summed E-state index contributed by atoms with van der Waals surface area (Å²) < 4.78 is 0. The van der Waals surface area contributed by atoms with E-state index in [-0.39, 0.29) is 17.5 Å². The largest absolute Gasteiger partial charge is 0.336 e. The molecule has 12 heavy (non-hydrogen) atoms. The quantitative estimate of drug-likeness (QED) is 0.619. The first kappa shape index (κ1) is 8.05. The molecule has 1 heterocycles. The Kier molecular flexibility index (Phi) is 1.65. The molecule has 0 aromatic heterocycles. The van der Waals surface area contributed by atoms with Crippen LogP contribution < -0.4 is 5.73 Å². The smallest absolute Gasteiger partial charge is 0.224 e. The highest BCUT2D eigenvalue weighted by Gasteiger charge is 2.44. The van der Waals surface area contributed by atoms with Gasteiger partial charge in [0.15, 0.2) is 0 Å².